The maximum Gasteiger partial charge on any atom is 0.258 e. The van der Waals surface area contributed by atoms with E-state index in [1.807, 2.05) is 43.3 Å². The molecule has 8 nitrogen and oxygen atoms in total. The van der Waals surface area contributed by atoms with Gasteiger partial charge >= 0.3 is 0 Å². The monoisotopic (exact) mass is 520 g/mol. The lowest BCUT2D eigenvalue weighted by Crippen LogP contribution is -2.28. The molecule has 1 amide bonds. The molecule has 1 fully saturated rings. The molecule has 4 heterocycles. The number of hydrogen-bond donors (Lipinski definition) is 3. The van der Waals surface area contributed by atoms with Gasteiger partial charge in [-0.15, -0.1) is 0 Å². The summed E-state index contributed by atoms with van der Waals surface area (Å²) < 4.78 is 1.77. The van der Waals surface area contributed by atoms with E-state index in [4.69, 9.17) is 0 Å². The Bertz CT molecular complexity index is 1660. The van der Waals surface area contributed by atoms with Crippen LogP contribution in [-0.4, -0.2) is 43.6 Å². The van der Waals surface area contributed by atoms with Crippen molar-refractivity contribution in [2.24, 2.45) is 0 Å². The van der Waals surface area contributed by atoms with E-state index in [1.165, 1.54) is 31.0 Å². The van der Waals surface area contributed by atoms with E-state index in [2.05, 4.69) is 43.5 Å². The fourth-order valence-electron chi connectivity index (χ4n) is 5.31. The summed E-state index contributed by atoms with van der Waals surface area (Å²) in [6, 6.07) is 20.1. The van der Waals surface area contributed by atoms with Crippen LogP contribution < -0.4 is 10.9 Å². The number of nitrogens with one attached hydrogen (secondary N) is 3. The van der Waals surface area contributed by atoms with Gasteiger partial charge in [-0.25, -0.2) is 0 Å². The van der Waals surface area contributed by atoms with Crippen LogP contribution in [0.3, 0.4) is 0 Å². The van der Waals surface area contributed by atoms with Crippen LogP contribution >= 0.6 is 0 Å². The molecule has 1 aliphatic rings. The Morgan fingerprint density at radius 3 is 2.69 bits per heavy atom. The summed E-state index contributed by atoms with van der Waals surface area (Å²) in [6.07, 6.45) is 8.66. The fraction of sp³-hybridized carbons (Fsp3) is 0.258. The molecule has 1 atom stereocenters. The maximum absolute atomic E-state index is 13.0. The average molecular weight is 521 g/mol. The van der Waals surface area contributed by atoms with Crippen molar-refractivity contribution >= 4 is 22.5 Å². The lowest BCUT2D eigenvalue weighted by Gasteiger charge is -2.26. The highest BCUT2D eigenvalue weighted by atomic mass is 16.1. The van der Waals surface area contributed by atoms with E-state index in [0.717, 1.165) is 36.1 Å². The summed E-state index contributed by atoms with van der Waals surface area (Å²) in [4.78, 5) is 34.4. The predicted octanol–water partition coefficient (Wildman–Crippen LogP) is 5.57. The largest absolute Gasteiger partial charge is 0.354 e. The molecule has 3 aromatic heterocycles. The minimum atomic E-state index is -0.293. The number of likely N-dealkylation sites (tertiary alicyclic amines) is 1. The van der Waals surface area contributed by atoms with Gasteiger partial charge in [-0.05, 0) is 68.2 Å². The molecule has 6 rings (SSSR count). The number of piperidine rings is 1. The van der Waals surface area contributed by atoms with Crippen LogP contribution in [0.1, 0.15) is 53.7 Å². The number of fused-ring (bicyclic) bond motifs is 1. The number of carbonyl (C=O) groups excluding carboxylic acids is 1. The Kier molecular flexibility index (Phi) is 6.85. The number of H-pyrrole nitrogens is 2. The van der Waals surface area contributed by atoms with Gasteiger partial charge in [-0.2, -0.15) is 5.10 Å². The molecule has 0 unspecified atom stereocenters. The molecule has 1 saturated heterocycles. The van der Waals surface area contributed by atoms with Gasteiger partial charge in [0, 0.05) is 29.8 Å². The molecular weight excluding hydrogens is 488 g/mol. The molecule has 0 saturated carbocycles. The smallest absolute Gasteiger partial charge is 0.258 e. The van der Waals surface area contributed by atoms with Crippen LogP contribution in [0.15, 0.2) is 84.0 Å². The Hall–Kier alpha value is -4.43. The number of aromatic amines is 2. The molecule has 3 N–H and O–H groups in total. The fourth-order valence-corrected chi connectivity index (χ4v) is 5.31. The van der Waals surface area contributed by atoms with E-state index in [0.29, 0.717) is 22.5 Å². The number of nitrogens with zero attached hydrogens (tertiary/aromatic N) is 3. The number of aromatic nitrogens is 4. The molecule has 8 heteroatoms. The number of rotatable bonds is 7. The van der Waals surface area contributed by atoms with Crippen molar-refractivity contribution in [3.05, 3.63) is 106 Å². The van der Waals surface area contributed by atoms with Crippen molar-refractivity contribution in [1.29, 1.82) is 0 Å². The number of benzene rings is 2. The number of carbonyl (C=O) groups is 1. The zero-order valence-corrected chi connectivity index (χ0v) is 22.0. The van der Waals surface area contributed by atoms with E-state index < -0.39 is 0 Å². The van der Waals surface area contributed by atoms with E-state index in [9.17, 15) is 9.59 Å². The van der Waals surface area contributed by atoms with E-state index in [1.54, 1.807) is 23.1 Å². The Morgan fingerprint density at radius 1 is 1.05 bits per heavy atom. The van der Waals surface area contributed by atoms with Crippen LogP contribution in [-0.2, 0) is 6.54 Å². The normalized spacial score (nSPS) is 14.9. The molecule has 2 aromatic carbocycles. The maximum atomic E-state index is 13.0. The zero-order valence-electron chi connectivity index (χ0n) is 22.0. The van der Waals surface area contributed by atoms with Crippen molar-refractivity contribution in [2.45, 2.75) is 38.8 Å². The Morgan fingerprint density at radius 2 is 1.87 bits per heavy atom. The molecule has 39 heavy (non-hydrogen) atoms. The molecule has 5 aromatic rings. The highest BCUT2D eigenvalue weighted by Crippen LogP contribution is 2.26. The van der Waals surface area contributed by atoms with E-state index >= 15 is 0 Å². The summed E-state index contributed by atoms with van der Waals surface area (Å²) in [7, 11) is 0. The first-order chi connectivity index (χ1) is 19.0. The SMILES string of the molecule is C[C@@H](c1ccccc1)n1cc(C(=O)Nc2c[nH]c(=O)c(-c3cc4cc(CN5CCCCC5)ccc4[nH]3)c2)cn1. The second-order valence-corrected chi connectivity index (χ2v) is 10.3. The van der Waals surface area contributed by atoms with Crippen LogP contribution in [0.4, 0.5) is 5.69 Å². The standard InChI is InChI=1S/C31H32N6O2/c1-21(23-8-4-2-5-9-23)37-20-25(17-33-37)30(38)34-26-16-27(31(39)32-18-26)29-15-24-14-22(10-11-28(24)35-29)19-36-12-6-3-7-13-36/h2,4-5,8-11,14-18,20-21,35H,3,6-7,12-13,19H2,1H3,(H,32,39)(H,34,38)/t21-/m0/s1. The molecule has 0 radical (unpaired) electrons. The summed E-state index contributed by atoms with van der Waals surface area (Å²) in [5.41, 5.74) is 5.25. The van der Waals surface area contributed by atoms with Gasteiger partial charge < -0.3 is 15.3 Å². The lowest BCUT2D eigenvalue weighted by atomic mass is 10.1. The highest BCUT2D eigenvalue weighted by Gasteiger charge is 2.16. The van der Waals surface area contributed by atoms with Crippen molar-refractivity contribution in [1.82, 2.24) is 24.6 Å². The minimum absolute atomic E-state index is 0.00480. The summed E-state index contributed by atoms with van der Waals surface area (Å²) >= 11 is 0. The van der Waals surface area contributed by atoms with Crippen LogP contribution in [0.5, 0.6) is 0 Å². The molecule has 0 aliphatic carbocycles. The van der Waals surface area contributed by atoms with Crippen molar-refractivity contribution in [3.63, 3.8) is 0 Å². The van der Waals surface area contributed by atoms with Gasteiger partial charge in [0.2, 0.25) is 0 Å². The summed E-state index contributed by atoms with van der Waals surface area (Å²) in [6.45, 7) is 5.28. The highest BCUT2D eigenvalue weighted by molar-refractivity contribution is 6.04. The minimum Gasteiger partial charge on any atom is -0.354 e. The van der Waals surface area contributed by atoms with Gasteiger partial charge in [-0.3, -0.25) is 19.2 Å². The Labute approximate surface area is 226 Å². The average Bonchev–Trinajstić information content (AvgIpc) is 3.62. The first kappa shape index (κ1) is 24.9. The van der Waals surface area contributed by atoms with Crippen LogP contribution in [0.2, 0.25) is 0 Å². The molecule has 0 bridgehead atoms. The molecule has 198 valence electrons. The third-order valence-electron chi connectivity index (χ3n) is 7.53. The van der Waals surface area contributed by atoms with E-state index in [-0.39, 0.29) is 17.5 Å². The number of hydrogen-bond acceptors (Lipinski definition) is 4. The van der Waals surface area contributed by atoms with Crippen molar-refractivity contribution < 1.29 is 4.79 Å². The van der Waals surface area contributed by atoms with Gasteiger partial charge in [0.15, 0.2) is 0 Å². The van der Waals surface area contributed by atoms with Gasteiger partial charge in [0.05, 0.1) is 34.7 Å². The number of anilines is 1. The topological polar surface area (TPSA) is 98.8 Å². The first-order valence-corrected chi connectivity index (χ1v) is 13.5. The number of amides is 1. The van der Waals surface area contributed by atoms with Gasteiger partial charge in [0.25, 0.3) is 11.5 Å². The molecule has 0 spiro atoms. The number of pyridine rings is 1. The second-order valence-electron chi connectivity index (χ2n) is 10.3. The van der Waals surface area contributed by atoms with Gasteiger partial charge in [-0.1, -0.05) is 42.8 Å². The van der Waals surface area contributed by atoms with Gasteiger partial charge in [0.1, 0.15) is 0 Å². The van der Waals surface area contributed by atoms with Crippen molar-refractivity contribution in [3.8, 4) is 11.3 Å². The molecule has 1 aliphatic heterocycles. The second kappa shape index (κ2) is 10.7. The quantitative estimate of drug-likeness (QED) is 0.261. The summed E-state index contributed by atoms with van der Waals surface area (Å²) in [5.74, 6) is -0.293. The van der Waals surface area contributed by atoms with Crippen LogP contribution in [0, 0.1) is 0 Å². The third-order valence-corrected chi connectivity index (χ3v) is 7.53. The Balaban J connectivity index is 1.19. The predicted molar refractivity (Wildman–Crippen MR) is 154 cm³/mol. The van der Waals surface area contributed by atoms with Crippen LogP contribution in [0.25, 0.3) is 22.2 Å². The third kappa shape index (κ3) is 5.42. The lowest BCUT2D eigenvalue weighted by molar-refractivity contribution is 0.102. The zero-order chi connectivity index (χ0) is 26.8. The molecular formula is C31H32N6O2. The first-order valence-electron chi connectivity index (χ1n) is 13.5. The van der Waals surface area contributed by atoms with Crippen molar-refractivity contribution in [2.75, 3.05) is 18.4 Å². The summed E-state index contributed by atoms with van der Waals surface area (Å²) in [5, 5.41) is 8.35.